The van der Waals surface area contributed by atoms with Crippen LogP contribution in [-0.2, 0) is 0 Å². The lowest BCUT2D eigenvalue weighted by molar-refractivity contribution is -0.383. The molecular formula is C48H30N2O2. The number of non-ortho nitro benzene ring substituents is 1. The molecule has 0 saturated heterocycles. The Hall–Kier alpha value is -7.32. The van der Waals surface area contributed by atoms with Crippen molar-refractivity contribution >= 4 is 54.5 Å². The summed E-state index contributed by atoms with van der Waals surface area (Å²) in [6.07, 6.45) is 0. The maximum atomic E-state index is 11.6. The van der Waals surface area contributed by atoms with Gasteiger partial charge in [0, 0.05) is 70.0 Å². The van der Waals surface area contributed by atoms with E-state index in [0.29, 0.717) is 5.39 Å². The lowest BCUT2D eigenvalue weighted by atomic mass is 9.98. The zero-order valence-corrected chi connectivity index (χ0v) is 28.6. The Bertz CT molecular complexity index is 2940. The number of hydrogen-bond acceptors (Lipinski definition) is 3. The summed E-state index contributed by atoms with van der Waals surface area (Å²) in [6.45, 7) is 0. The minimum atomic E-state index is -0.355. The summed E-state index contributed by atoms with van der Waals surface area (Å²) in [5, 5.41) is 19.4. The average molecular weight is 667 g/mol. The van der Waals surface area contributed by atoms with Crippen LogP contribution < -0.4 is 4.90 Å². The van der Waals surface area contributed by atoms with E-state index >= 15 is 0 Å². The van der Waals surface area contributed by atoms with Gasteiger partial charge in [-0.3, -0.25) is 10.1 Å². The van der Waals surface area contributed by atoms with Crippen molar-refractivity contribution in [2.75, 3.05) is 19.0 Å². The molecule has 0 heterocycles. The van der Waals surface area contributed by atoms with E-state index < -0.39 is 0 Å². The molecular weight excluding hydrogens is 637 g/mol. The highest BCUT2D eigenvalue weighted by atomic mass is 16.6. The quantitative estimate of drug-likeness (QED) is 0.105. The van der Waals surface area contributed by atoms with E-state index in [2.05, 4.69) is 127 Å². The van der Waals surface area contributed by atoms with E-state index in [1.54, 1.807) is 12.1 Å². The summed E-state index contributed by atoms with van der Waals surface area (Å²) in [7, 11) is 4.12. The molecule has 0 aromatic heterocycles. The molecule has 8 aromatic rings. The summed E-state index contributed by atoms with van der Waals surface area (Å²) >= 11 is 0. The molecule has 8 aromatic carbocycles. The zero-order chi connectivity index (χ0) is 35.6. The Balaban J connectivity index is 1.15. The maximum absolute atomic E-state index is 11.6. The van der Waals surface area contributed by atoms with Gasteiger partial charge in [0.05, 0.1) is 10.3 Å². The predicted molar refractivity (Wildman–Crippen MR) is 215 cm³/mol. The fraction of sp³-hybridized carbons (Fsp3) is 0.0417. The van der Waals surface area contributed by atoms with Crippen molar-refractivity contribution < 1.29 is 4.92 Å². The van der Waals surface area contributed by atoms with Gasteiger partial charge < -0.3 is 4.90 Å². The van der Waals surface area contributed by atoms with Crippen LogP contribution in [0.15, 0.2) is 146 Å². The van der Waals surface area contributed by atoms with Crippen LogP contribution in [0.5, 0.6) is 0 Å². The molecule has 0 amide bonds. The van der Waals surface area contributed by atoms with Gasteiger partial charge in [0.15, 0.2) is 0 Å². The van der Waals surface area contributed by atoms with Gasteiger partial charge >= 0.3 is 0 Å². The van der Waals surface area contributed by atoms with Gasteiger partial charge in [0.2, 0.25) is 0 Å². The van der Waals surface area contributed by atoms with Crippen LogP contribution in [0.4, 0.5) is 11.4 Å². The molecule has 244 valence electrons. The fourth-order valence-electron chi connectivity index (χ4n) is 6.81. The van der Waals surface area contributed by atoms with Crippen LogP contribution in [0.3, 0.4) is 0 Å². The molecule has 0 N–H and O–H groups in total. The Morgan fingerprint density at radius 3 is 1.00 bits per heavy atom. The normalized spacial score (nSPS) is 10.6. The molecule has 0 fully saturated rings. The summed E-state index contributed by atoms with van der Waals surface area (Å²) in [6, 6.07) is 47.7. The van der Waals surface area contributed by atoms with Gasteiger partial charge in [-0.1, -0.05) is 127 Å². The number of rotatable bonds is 2. The lowest BCUT2D eigenvalue weighted by Gasteiger charge is -2.15. The molecule has 0 bridgehead atoms. The highest BCUT2D eigenvalue weighted by Crippen LogP contribution is 2.30. The fourth-order valence-corrected chi connectivity index (χ4v) is 6.81. The van der Waals surface area contributed by atoms with Crippen molar-refractivity contribution in [1.82, 2.24) is 0 Å². The van der Waals surface area contributed by atoms with E-state index in [1.807, 2.05) is 54.6 Å². The maximum Gasteiger partial charge on any atom is 0.277 e. The van der Waals surface area contributed by atoms with Crippen LogP contribution in [0, 0.1) is 45.6 Å². The van der Waals surface area contributed by atoms with Crippen LogP contribution in [0.1, 0.15) is 33.4 Å². The number of nitrogens with zero attached hydrogens (tertiary/aromatic N) is 2. The van der Waals surface area contributed by atoms with Crippen molar-refractivity contribution in [2.24, 2.45) is 0 Å². The molecule has 0 saturated carbocycles. The van der Waals surface area contributed by atoms with Crippen LogP contribution in [0.25, 0.3) is 43.1 Å². The summed E-state index contributed by atoms with van der Waals surface area (Å²) in [5.41, 5.74) is 6.63. The Morgan fingerprint density at radius 1 is 0.385 bits per heavy atom. The largest absolute Gasteiger partial charge is 0.377 e. The number of nitro benzene ring substituents is 1. The number of nitro groups is 1. The highest BCUT2D eigenvalue weighted by Gasteiger charge is 2.12. The first-order valence-corrected chi connectivity index (χ1v) is 16.9. The Morgan fingerprint density at radius 2 is 0.654 bits per heavy atom. The molecule has 52 heavy (non-hydrogen) atoms. The monoisotopic (exact) mass is 666 g/mol. The SMILES string of the molecule is CN(C)c1cccc2c(C#Cc3cccc4c(C#Cc5cccc6c(C#Cc7cccc8c([N+](=O)[O-])cccc78)cccc56)cccc34)cccc12. The van der Waals surface area contributed by atoms with Gasteiger partial charge in [-0.2, -0.15) is 0 Å². The van der Waals surface area contributed by atoms with Gasteiger partial charge in [-0.05, 0) is 75.5 Å². The lowest BCUT2D eigenvalue weighted by Crippen LogP contribution is -2.08. The standard InChI is InChI=1S/C48H30N2O2/c1-49(2)47-25-9-21-43-37(15-7-23-45(43)47)31-29-35-13-5-17-39-33(11-3-19-41(35)39)27-28-34-12-4-20-42-36(14-6-18-40(34)42)30-32-38-16-8-24-46-44(38)22-10-26-48(46)50(51)52/h3-26H,1-2H3. The predicted octanol–water partition coefficient (Wildman–Crippen LogP) is 10.5. The average Bonchev–Trinajstić information content (AvgIpc) is 3.17. The third kappa shape index (κ3) is 5.94. The number of anilines is 1. The minimum absolute atomic E-state index is 0.0737. The summed E-state index contributed by atoms with van der Waals surface area (Å²) in [5.74, 6) is 20.4. The van der Waals surface area contributed by atoms with E-state index in [1.165, 1.54) is 17.1 Å². The smallest absolute Gasteiger partial charge is 0.277 e. The van der Waals surface area contributed by atoms with Crippen molar-refractivity contribution in [3.8, 4) is 35.5 Å². The number of benzene rings is 8. The van der Waals surface area contributed by atoms with E-state index in [9.17, 15) is 10.1 Å². The molecule has 0 aliphatic carbocycles. The van der Waals surface area contributed by atoms with Crippen LogP contribution in [-0.4, -0.2) is 19.0 Å². The van der Waals surface area contributed by atoms with Crippen molar-refractivity contribution in [2.45, 2.75) is 0 Å². The van der Waals surface area contributed by atoms with E-state index in [-0.39, 0.29) is 10.6 Å². The summed E-state index contributed by atoms with van der Waals surface area (Å²) < 4.78 is 0. The van der Waals surface area contributed by atoms with E-state index in [4.69, 9.17) is 0 Å². The first-order valence-electron chi connectivity index (χ1n) is 16.9. The summed E-state index contributed by atoms with van der Waals surface area (Å²) in [4.78, 5) is 13.4. The molecule has 0 unspecified atom stereocenters. The van der Waals surface area contributed by atoms with Gasteiger partial charge in [0.25, 0.3) is 5.69 Å². The topological polar surface area (TPSA) is 46.4 Å². The molecule has 0 spiro atoms. The molecule has 4 nitrogen and oxygen atoms in total. The van der Waals surface area contributed by atoms with Crippen molar-refractivity contribution in [1.29, 1.82) is 0 Å². The second kappa shape index (κ2) is 13.5. The highest BCUT2D eigenvalue weighted by molar-refractivity contribution is 5.99. The van der Waals surface area contributed by atoms with Crippen LogP contribution >= 0.6 is 0 Å². The first kappa shape index (κ1) is 31.9. The molecule has 0 atom stereocenters. The molecule has 8 rings (SSSR count). The van der Waals surface area contributed by atoms with Gasteiger partial charge in [0.1, 0.15) is 0 Å². The van der Waals surface area contributed by atoms with Gasteiger partial charge in [-0.25, -0.2) is 0 Å². The molecule has 0 aliphatic heterocycles. The molecule has 4 heteroatoms. The molecule has 0 aliphatic rings. The van der Waals surface area contributed by atoms with Crippen LogP contribution in [0.2, 0.25) is 0 Å². The molecule has 0 radical (unpaired) electrons. The number of fused-ring (bicyclic) bond motifs is 4. The second-order valence-electron chi connectivity index (χ2n) is 12.7. The Labute approximate surface area is 302 Å². The zero-order valence-electron chi connectivity index (χ0n) is 28.6. The third-order valence-electron chi connectivity index (χ3n) is 9.32. The minimum Gasteiger partial charge on any atom is -0.377 e. The van der Waals surface area contributed by atoms with Crippen molar-refractivity contribution in [3.05, 3.63) is 189 Å². The van der Waals surface area contributed by atoms with Crippen molar-refractivity contribution in [3.63, 3.8) is 0 Å². The second-order valence-corrected chi connectivity index (χ2v) is 12.7. The number of hydrogen-bond donors (Lipinski definition) is 0. The van der Waals surface area contributed by atoms with E-state index in [0.717, 1.165) is 65.7 Å². The third-order valence-corrected chi connectivity index (χ3v) is 9.32. The Kier molecular flexibility index (Phi) is 8.31. The van der Waals surface area contributed by atoms with Gasteiger partial charge in [-0.15, -0.1) is 0 Å². The first-order chi connectivity index (χ1) is 25.5.